The van der Waals surface area contributed by atoms with Gasteiger partial charge >= 0.3 is 0 Å². The normalized spacial score (nSPS) is 17.0. The molecule has 3 amide bonds. The summed E-state index contributed by atoms with van der Waals surface area (Å²) >= 11 is 7.47. The molecule has 0 radical (unpaired) electrons. The minimum Gasteiger partial charge on any atom is -0.416 e. The number of allylic oxidation sites excluding steroid dienone is 6. The Morgan fingerprint density at radius 3 is 2.53 bits per heavy atom. The lowest BCUT2D eigenvalue weighted by atomic mass is 9.98. The van der Waals surface area contributed by atoms with E-state index in [1.54, 1.807) is 29.7 Å². The van der Waals surface area contributed by atoms with Crippen LogP contribution in [0.1, 0.15) is 66.4 Å². The molecule has 1 fully saturated rings. The van der Waals surface area contributed by atoms with Crippen molar-refractivity contribution in [3.8, 4) is 0 Å². The monoisotopic (exact) mass is 634 g/mol. The predicted molar refractivity (Wildman–Crippen MR) is 176 cm³/mol. The van der Waals surface area contributed by atoms with Crippen LogP contribution in [0.3, 0.4) is 0 Å². The van der Waals surface area contributed by atoms with Crippen molar-refractivity contribution < 1.29 is 24.3 Å². The Kier molecular flexibility index (Phi) is 17.7. The molecule has 3 rings (SSSR count). The summed E-state index contributed by atoms with van der Waals surface area (Å²) in [4.78, 5) is 42.2. The number of aliphatic hydroxyl groups excluding tert-OH is 1. The van der Waals surface area contributed by atoms with E-state index in [2.05, 4.69) is 24.5 Å². The Labute approximate surface area is 265 Å². The van der Waals surface area contributed by atoms with Crippen LogP contribution < -0.4 is 16.5 Å². The van der Waals surface area contributed by atoms with E-state index < -0.39 is 18.1 Å². The lowest BCUT2D eigenvalue weighted by molar-refractivity contribution is -0.141. The minimum atomic E-state index is -1.36. The van der Waals surface area contributed by atoms with Crippen LogP contribution in [0.25, 0.3) is 0 Å². The van der Waals surface area contributed by atoms with Gasteiger partial charge in [-0.25, -0.2) is 0 Å². The summed E-state index contributed by atoms with van der Waals surface area (Å²) in [5.41, 5.74) is 2.26. The van der Waals surface area contributed by atoms with Crippen molar-refractivity contribution in [1.82, 2.24) is 15.5 Å². The van der Waals surface area contributed by atoms with Gasteiger partial charge in [0.15, 0.2) is 6.10 Å². The average Bonchev–Trinajstić information content (AvgIpc) is 3.18. The molecule has 2 aliphatic rings. The third-order valence-electron chi connectivity index (χ3n) is 6.54. The number of aliphatic hydroxyl groups is 1. The first-order valence-corrected chi connectivity index (χ1v) is 15.8. The van der Waals surface area contributed by atoms with Gasteiger partial charge < -0.3 is 25.5 Å². The highest BCUT2D eigenvalue weighted by Crippen LogP contribution is 2.33. The molecule has 2 unspecified atom stereocenters. The number of carbonyl (C=O) groups is 3. The van der Waals surface area contributed by atoms with Crippen LogP contribution in [0, 0.1) is 0 Å². The Morgan fingerprint density at radius 1 is 1.26 bits per heavy atom. The summed E-state index contributed by atoms with van der Waals surface area (Å²) in [6.07, 6.45) is 10.6. The SMILES string of the molecule is CC.CC/C(C(=O)NC(CC1=CCC=CC=C1)C(O)C(=O)N1CSC(C)(C)C1)=C(/C)ON.O=CNCc1ccccc1Cl. The molecule has 1 aliphatic heterocycles. The van der Waals surface area contributed by atoms with Gasteiger partial charge in [-0.2, -0.15) is 5.90 Å². The summed E-state index contributed by atoms with van der Waals surface area (Å²) in [5, 5.41) is 17.0. The Balaban J connectivity index is 0.000000592. The van der Waals surface area contributed by atoms with Crippen LogP contribution in [0.4, 0.5) is 0 Å². The molecule has 5 N–H and O–H groups in total. The number of nitrogens with one attached hydrogen (secondary N) is 2. The maximum atomic E-state index is 13.0. The molecule has 238 valence electrons. The van der Waals surface area contributed by atoms with Gasteiger partial charge in [0, 0.05) is 22.9 Å². The number of hydrogen-bond acceptors (Lipinski definition) is 7. The van der Waals surface area contributed by atoms with Gasteiger partial charge in [-0.05, 0) is 57.2 Å². The fourth-order valence-electron chi connectivity index (χ4n) is 4.26. The van der Waals surface area contributed by atoms with E-state index in [9.17, 15) is 19.5 Å². The van der Waals surface area contributed by atoms with Gasteiger partial charge in [-0.15, -0.1) is 11.8 Å². The highest BCUT2D eigenvalue weighted by molar-refractivity contribution is 8.00. The quantitative estimate of drug-likeness (QED) is 0.114. The molecular weight excluding hydrogens is 588 g/mol. The molecule has 0 bridgehead atoms. The third kappa shape index (κ3) is 13.0. The number of nitrogens with two attached hydrogens (primary N) is 1. The Morgan fingerprint density at radius 2 is 1.95 bits per heavy atom. The molecule has 1 aromatic rings. The molecule has 2 atom stereocenters. The topological polar surface area (TPSA) is 134 Å². The highest BCUT2D eigenvalue weighted by Gasteiger charge is 2.38. The van der Waals surface area contributed by atoms with Gasteiger partial charge in [0.25, 0.3) is 11.8 Å². The van der Waals surface area contributed by atoms with E-state index in [0.29, 0.717) is 54.6 Å². The van der Waals surface area contributed by atoms with Crippen molar-refractivity contribution in [3.05, 3.63) is 82.1 Å². The van der Waals surface area contributed by atoms with Crippen molar-refractivity contribution in [3.63, 3.8) is 0 Å². The van der Waals surface area contributed by atoms with Crippen LogP contribution in [-0.4, -0.2) is 57.5 Å². The van der Waals surface area contributed by atoms with Crippen molar-refractivity contribution in [2.75, 3.05) is 12.4 Å². The lowest BCUT2D eigenvalue weighted by Gasteiger charge is -2.28. The number of halogens is 1. The molecule has 0 spiro atoms. The van der Waals surface area contributed by atoms with Crippen molar-refractivity contribution >= 4 is 41.6 Å². The summed E-state index contributed by atoms with van der Waals surface area (Å²) in [6.45, 7) is 12.6. The minimum absolute atomic E-state index is 0.0555. The van der Waals surface area contributed by atoms with E-state index >= 15 is 0 Å². The fourth-order valence-corrected chi connectivity index (χ4v) is 5.44. The maximum absolute atomic E-state index is 13.0. The molecule has 43 heavy (non-hydrogen) atoms. The number of rotatable bonds is 11. The van der Waals surface area contributed by atoms with Gasteiger partial charge in [0.2, 0.25) is 6.41 Å². The molecule has 1 aromatic carbocycles. The van der Waals surface area contributed by atoms with E-state index in [1.165, 1.54) is 0 Å². The van der Waals surface area contributed by atoms with E-state index in [-0.39, 0.29) is 10.7 Å². The second kappa shape index (κ2) is 20.0. The van der Waals surface area contributed by atoms with Gasteiger partial charge in [-0.1, -0.05) is 81.0 Å². The largest absolute Gasteiger partial charge is 0.416 e. The van der Waals surface area contributed by atoms with E-state index in [0.717, 1.165) is 17.6 Å². The second-order valence-corrected chi connectivity index (χ2v) is 12.3. The van der Waals surface area contributed by atoms with Crippen LogP contribution >= 0.6 is 23.4 Å². The number of thioether (sulfide) groups is 1. The molecule has 1 heterocycles. The van der Waals surface area contributed by atoms with E-state index in [1.807, 2.05) is 69.4 Å². The number of carbonyl (C=O) groups excluding carboxylic acids is 3. The first-order chi connectivity index (χ1) is 20.5. The number of amides is 3. The third-order valence-corrected chi connectivity index (χ3v) is 8.26. The predicted octanol–water partition coefficient (Wildman–Crippen LogP) is 5.16. The van der Waals surface area contributed by atoms with E-state index in [4.69, 9.17) is 22.3 Å². The van der Waals surface area contributed by atoms with Gasteiger partial charge in [0.1, 0.15) is 5.76 Å². The van der Waals surface area contributed by atoms with Crippen LogP contribution in [0.2, 0.25) is 5.02 Å². The average molecular weight is 635 g/mol. The molecule has 9 nitrogen and oxygen atoms in total. The Hall–Kier alpha value is -3.05. The maximum Gasteiger partial charge on any atom is 0.254 e. The van der Waals surface area contributed by atoms with Crippen molar-refractivity contribution in [2.24, 2.45) is 5.90 Å². The van der Waals surface area contributed by atoms with Crippen molar-refractivity contribution in [1.29, 1.82) is 0 Å². The first-order valence-electron chi connectivity index (χ1n) is 14.4. The number of benzene rings is 1. The molecular formula is C32H47ClN4O5S. The van der Waals surface area contributed by atoms with Crippen LogP contribution in [-0.2, 0) is 25.8 Å². The first kappa shape index (κ1) is 38.0. The van der Waals surface area contributed by atoms with Gasteiger partial charge in [0.05, 0.1) is 17.5 Å². The molecule has 1 saturated heterocycles. The molecule has 0 saturated carbocycles. The zero-order valence-electron chi connectivity index (χ0n) is 26.1. The van der Waals surface area contributed by atoms with Gasteiger partial charge in [-0.3, -0.25) is 14.4 Å². The summed E-state index contributed by atoms with van der Waals surface area (Å²) in [7, 11) is 0. The van der Waals surface area contributed by atoms with Crippen molar-refractivity contribution in [2.45, 2.75) is 84.2 Å². The molecule has 1 aliphatic carbocycles. The number of hydrogen-bond donors (Lipinski definition) is 4. The zero-order chi connectivity index (χ0) is 32.4. The fraction of sp³-hybridized carbons (Fsp3) is 0.469. The Bertz CT molecular complexity index is 1180. The standard InChI is InChI=1S/C22H33N3O4S.C8H8ClNO.C2H6/c1-5-17(15(2)29-23)20(27)24-18(12-16-10-8-6-7-9-11-16)19(26)21(28)25-13-22(3,4)30-14-25;9-8-4-2-1-3-7(8)5-10-6-11;1-2/h6-8,10-11,18-19,26H,5,9,12-14,23H2,1-4H3,(H,24,27);1-4,6H,5H2,(H,10,11);1-2H3/b17-15+;;. The van der Waals surface area contributed by atoms with Crippen LogP contribution in [0.15, 0.2) is 71.6 Å². The lowest BCUT2D eigenvalue weighted by Crippen LogP contribution is -2.52. The zero-order valence-corrected chi connectivity index (χ0v) is 27.6. The highest BCUT2D eigenvalue weighted by atomic mass is 35.5. The summed E-state index contributed by atoms with van der Waals surface area (Å²) in [5.74, 6) is 5.29. The molecule has 0 aromatic heterocycles. The second-order valence-electron chi connectivity index (χ2n) is 10.2. The smallest absolute Gasteiger partial charge is 0.254 e. The van der Waals surface area contributed by atoms with Crippen LogP contribution in [0.5, 0.6) is 0 Å². The summed E-state index contributed by atoms with van der Waals surface area (Å²) in [6, 6.07) is 6.63. The summed E-state index contributed by atoms with van der Waals surface area (Å²) < 4.78 is -0.0555. The number of nitrogens with zero attached hydrogens (tertiary/aromatic N) is 1. The molecule has 11 heteroatoms.